The van der Waals surface area contributed by atoms with E-state index in [-0.39, 0.29) is 11.5 Å². The molecule has 1 saturated heterocycles. The average molecular weight is 261 g/mol. The number of hydrogen-bond acceptors (Lipinski definition) is 3. The lowest BCUT2D eigenvalue weighted by atomic mass is 9.83. The molecule has 2 aliphatic heterocycles. The minimum Gasteiger partial charge on any atom is -0.492 e. The predicted octanol–water partition coefficient (Wildman–Crippen LogP) is 2.78. The minimum absolute atomic E-state index is 0.0617. The zero-order chi connectivity index (χ0) is 13.6. The second kappa shape index (κ2) is 4.50. The van der Waals surface area contributed by atoms with Gasteiger partial charge in [0.15, 0.2) is 0 Å². The predicted molar refractivity (Wildman–Crippen MR) is 75.4 cm³/mol. The van der Waals surface area contributed by atoms with Gasteiger partial charge in [-0.2, -0.15) is 0 Å². The molecule has 3 nitrogen and oxygen atoms in total. The molecule has 0 spiro atoms. The Hall–Kier alpha value is -1.06. The van der Waals surface area contributed by atoms with Crippen LogP contribution in [-0.4, -0.2) is 19.3 Å². The van der Waals surface area contributed by atoms with Crippen molar-refractivity contribution in [2.24, 2.45) is 11.7 Å². The van der Waals surface area contributed by atoms with Gasteiger partial charge < -0.3 is 15.2 Å². The van der Waals surface area contributed by atoms with Gasteiger partial charge in [0.1, 0.15) is 5.75 Å². The maximum atomic E-state index is 6.42. The van der Waals surface area contributed by atoms with E-state index < -0.39 is 0 Å². The molecule has 2 N–H and O–H groups in total. The summed E-state index contributed by atoms with van der Waals surface area (Å²) in [5, 5.41) is 0. The lowest BCUT2D eigenvalue weighted by Gasteiger charge is -2.21. The second-order valence-electron chi connectivity index (χ2n) is 6.59. The van der Waals surface area contributed by atoms with Gasteiger partial charge in [-0.15, -0.1) is 0 Å². The minimum atomic E-state index is 0.0617. The smallest absolute Gasteiger partial charge is 0.123 e. The van der Waals surface area contributed by atoms with E-state index in [4.69, 9.17) is 15.2 Å². The maximum Gasteiger partial charge on any atom is 0.123 e. The first-order chi connectivity index (χ1) is 8.97. The van der Waals surface area contributed by atoms with Gasteiger partial charge in [0.25, 0.3) is 0 Å². The van der Waals surface area contributed by atoms with Crippen LogP contribution in [-0.2, 0) is 10.2 Å². The summed E-state index contributed by atoms with van der Waals surface area (Å²) in [4.78, 5) is 0. The Morgan fingerprint density at radius 2 is 2.16 bits per heavy atom. The van der Waals surface area contributed by atoms with Gasteiger partial charge in [0.2, 0.25) is 0 Å². The van der Waals surface area contributed by atoms with Crippen molar-refractivity contribution < 1.29 is 9.47 Å². The summed E-state index contributed by atoms with van der Waals surface area (Å²) in [5.41, 5.74) is 9.01. The third kappa shape index (κ3) is 2.26. The average Bonchev–Trinajstić information content (AvgIpc) is 2.93. The fourth-order valence-electron chi connectivity index (χ4n) is 3.12. The van der Waals surface area contributed by atoms with Crippen LogP contribution in [0.1, 0.15) is 44.4 Å². The first kappa shape index (κ1) is 12.9. The van der Waals surface area contributed by atoms with Gasteiger partial charge in [0.05, 0.1) is 19.3 Å². The maximum absolute atomic E-state index is 6.42. The Bertz CT molecular complexity index is 484. The molecule has 0 saturated carbocycles. The number of hydrogen-bond donors (Lipinski definition) is 1. The molecular weight excluding hydrogens is 238 g/mol. The quantitative estimate of drug-likeness (QED) is 0.890. The van der Waals surface area contributed by atoms with Gasteiger partial charge in [0, 0.05) is 22.9 Å². The van der Waals surface area contributed by atoms with Crippen molar-refractivity contribution in [3.05, 3.63) is 29.3 Å². The summed E-state index contributed by atoms with van der Waals surface area (Å²) in [7, 11) is 0. The SMILES string of the molecule is CC1CC(C(N)c2ccc3c(c2)C(C)(C)CO3)CO1. The van der Waals surface area contributed by atoms with E-state index in [0.717, 1.165) is 25.4 Å². The molecule has 1 aromatic rings. The summed E-state index contributed by atoms with van der Waals surface area (Å²) in [5.74, 6) is 1.44. The van der Waals surface area contributed by atoms with E-state index >= 15 is 0 Å². The van der Waals surface area contributed by atoms with Crippen molar-refractivity contribution in [1.82, 2.24) is 0 Å². The van der Waals surface area contributed by atoms with Crippen molar-refractivity contribution in [2.45, 2.75) is 44.8 Å². The molecule has 19 heavy (non-hydrogen) atoms. The molecular formula is C16H23NO2. The third-order valence-electron chi connectivity index (χ3n) is 4.44. The van der Waals surface area contributed by atoms with Crippen molar-refractivity contribution in [3.8, 4) is 5.75 Å². The molecule has 104 valence electrons. The van der Waals surface area contributed by atoms with Crippen LogP contribution in [0, 0.1) is 5.92 Å². The van der Waals surface area contributed by atoms with E-state index in [0.29, 0.717) is 12.0 Å². The highest BCUT2D eigenvalue weighted by Gasteiger charge is 2.34. The molecule has 3 heteroatoms. The van der Waals surface area contributed by atoms with Crippen LogP contribution in [0.15, 0.2) is 18.2 Å². The van der Waals surface area contributed by atoms with Gasteiger partial charge in [-0.25, -0.2) is 0 Å². The molecule has 3 atom stereocenters. The summed E-state index contributed by atoms with van der Waals surface area (Å²) >= 11 is 0. The fourth-order valence-corrected chi connectivity index (χ4v) is 3.12. The first-order valence-electron chi connectivity index (χ1n) is 7.12. The van der Waals surface area contributed by atoms with E-state index in [2.05, 4.69) is 39.0 Å². The van der Waals surface area contributed by atoms with E-state index in [1.165, 1.54) is 11.1 Å². The number of fused-ring (bicyclic) bond motifs is 1. The van der Waals surface area contributed by atoms with Gasteiger partial charge in [-0.05, 0) is 31.0 Å². The van der Waals surface area contributed by atoms with E-state index in [1.54, 1.807) is 0 Å². The van der Waals surface area contributed by atoms with Crippen LogP contribution in [0.2, 0.25) is 0 Å². The second-order valence-corrected chi connectivity index (χ2v) is 6.59. The van der Waals surface area contributed by atoms with Crippen molar-refractivity contribution in [3.63, 3.8) is 0 Å². The summed E-state index contributed by atoms with van der Waals surface area (Å²) in [6.45, 7) is 8.08. The number of rotatable bonds is 2. The van der Waals surface area contributed by atoms with Crippen molar-refractivity contribution >= 4 is 0 Å². The lowest BCUT2D eigenvalue weighted by Crippen LogP contribution is -2.23. The summed E-state index contributed by atoms with van der Waals surface area (Å²) in [6.07, 6.45) is 1.39. The van der Waals surface area contributed by atoms with E-state index in [1.807, 2.05) is 0 Å². The molecule has 0 amide bonds. The molecule has 1 aromatic carbocycles. The van der Waals surface area contributed by atoms with Crippen LogP contribution >= 0.6 is 0 Å². The van der Waals surface area contributed by atoms with Gasteiger partial charge in [-0.1, -0.05) is 19.9 Å². The Morgan fingerprint density at radius 3 is 2.84 bits per heavy atom. The van der Waals surface area contributed by atoms with Crippen LogP contribution in [0.4, 0.5) is 0 Å². The molecule has 2 aliphatic rings. The Balaban J connectivity index is 1.86. The monoisotopic (exact) mass is 261 g/mol. The normalized spacial score (nSPS) is 29.9. The molecule has 0 bridgehead atoms. The third-order valence-corrected chi connectivity index (χ3v) is 4.44. The molecule has 2 heterocycles. The topological polar surface area (TPSA) is 44.5 Å². The number of benzene rings is 1. The Morgan fingerprint density at radius 1 is 1.37 bits per heavy atom. The largest absolute Gasteiger partial charge is 0.492 e. The lowest BCUT2D eigenvalue weighted by molar-refractivity contribution is 0.118. The highest BCUT2D eigenvalue weighted by atomic mass is 16.5. The molecule has 3 unspecified atom stereocenters. The van der Waals surface area contributed by atoms with E-state index in [9.17, 15) is 0 Å². The van der Waals surface area contributed by atoms with Crippen LogP contribution in [0.5, 0.6) is 5.75 Å². The number of nitrogens with two attached hydrogens (primary N) is 1. The van der Waals surface area contributed by atoms with Crippen LogP contribution in [0.3, 0.4) is 0 Å². The van der Waals surface area contributed by atoms with Gasteiger partial charge >= 0.3 is 0 Å². The summed E-state index contributed by atoms with van der Waals surface area (Å²) < 4.78 is 11.4. The van der Waals surface area contributed by atoms with Crippen LogP contribution in [0.25, 0.3) is 0 Å². The summed E-state index contributed by atoms with van der Waals surface area (Å²) in [6, 6.07) is 6.47. The van der Waals surface area contributed by atoms with Crippen molar-refractivity contribution in [1.29, 1.82) is 0 Å². The zero-order valence-electron chi connectivity index (χ0n) is 12.0. The number of ether oxygens (including phenoxy) is 2. The Labute approximate surface area is 115 Å². The van der Waals surface area contributed by atoms with Crippen LogP contribution < -0.4 is 10.5 Å². The highest BCUT2D eigenvalue weighted by molar-refractivity contribution is 5.46. The molecule has 0 radical (unpaired) electrons. The molecule has 1 fully saturated rings. The van der Waals surface area contributed by atoms with Gasteiger partial charge in [-0.3, -0.25) is 0 Å². The van der Waals surface area contributed by atoms with Crippen molar-refractivity contribution in [2.75, 3.05) is 13.2 Å². The standard InChI is InChI=1S/C16H23NO2/c1-10-6-12(8-18-10)15(17)11-4-5-14-13(7-11)16(2,3)9-19-14/h4-5,7,10,12,15H,6,8-9,17H2,1-3H3. The fraction of sp³-hybridized carbons (Fsp3) is 0.625. The zero-order valence-corrected chi connectivity index (χ0v) is 12.0. The molecule has 0 aromatic heterocycles. The highest BCUT2D eigenvalue weighted by Crippen LogP contribution is 2.40. The molecule has 3 rings (SSSR count). The first-order valence-corrected chi connectivity index (χ1v) is 7.12. The Kier molecular flexibility index (Phi) is 3.06. The molecule has 0 aliphatic carbocycles.